The lowest BCUT2D eigenvalue weighted by atomic mass is 10.1. The summed E-state index contributed by atoms with van der Waals surface area (Å²) in [5, 5.41) is 4.07. The zero-order chi connectivity index (χ0) is 26.0. The lowest BCUT2D eigenvalue weighted by molar-refractivity contribution is -0.132. The molecule has 1 aromatic heterocycles. The van der Waals surface area contributed by atoms with Crippen LogP contribution >= 0.6 is 0 Å². The third kappa shape index (κ3) is 6.91. The number of carbonyl (C=O) groups is 2. The fourth-order valence-corrected chi connectivity index (χ4v) is 4.38. The number of hydrogen-bond donors (Lipinski definition) is 2. The number of carbonyl (C=O) groups excluding carboxylic acids is 2. The third-order valence-corrected chi connectivity index (χ3v) is 6.32. The van der Waals surface area contributed by atoms with Crippen LogP contribution in [-0.4, -0.2) is 53.5 Å². The highest BCUT2D eigenvalue weighted by molar-refractivity contribution is 5.92. The molecule has 1 heterocycles. The molecule has 0 unspecified atom stereocenters. The van der Waals surface area contributed by atoms with E-state index < -0.39 is 0 Å². The Morgan fingerprint density at radius 2 is 1.70 bits per heavy atom. The standard InChI is InChI=1S/C30H34N4O3/c1-3-17-34(30(36)32-25-12-9-13-26(19-25)37-2)22-29(35)33(21-23-10-5-4-6-11-23)18-16-24-20-31-28-15-8-7-14-27(24)28/h4-15,19-20,31H,3,16-18,21-22H2,1-2H3,(H,32,36). The van der Waals surface area contributed by atoms with E-state index in [0.29, 0.717) is 37.5 Å². The normalized spacial score (nSPS) is 10.8. The van der Waals surface area contributed by atoms with Crippen LogP contribution in [0.1, 0.15) is 24.5 Å². The number of amides is 3. The Kier molecular flexibility index (Phi) is 8.81. The highest BCUT2D eigenvalue weighted by Gasteiger charge is 2.22. The maximum atomic E-state index is 13.6. The molecule has 37 heavy (non-hydrogen) atoms. The van der Waals surface area contributed by atoms with Gasteiger partial charge in [0.05, 0.1) is 7.11 Å². The summed E-state index contributed by atoms with van der Waals surface area (Å²) < 4.78 is 5.25. The van der Waals surface area contributed by atoms with Crippen LogP contribution < -0.4 is 10.1 Å². The number of methoxy groups -OCH3 is 1. The van der Waals surface area contributed by atoms with Gasteiger partial charge in [-0.25, -0.2) is 4.79 Å². The molecular formula is C30H34N4O3. The number of rotatable bonds is 11. The zero-order valence-electron chi connectivity index (χ0n) is 21.4. The van der Waals surface area contributed by atoms with Gasteiger partial charge in [0.2, 0.25) is 5.91 Å². The summed E-state index contributed by atoms with van der Waals surface area (Å²) in [4.78, 5) is 33.4. The quantitative estimate of drug-likeness (QED) is 0.279. The second kappa shape index (κ2) is 12.6. The van der Waals surface area contributed by atoms with Gasteiger partial charge in [-0.15, -0.1) is 0 Å². The zero-order valence-corrected chi connectivity index (χ0v) is 21.4. The molecule has 3 aromatic carbocycles. The predicted molar refractivity (Wildman–Crippen MR) is 148 cm³/mol. The van der Waals surface area contributed by atoms with Crippen molar-refractivity contribution in [3.8, 4) is 5.75 Å². The van der Waals surface area contributed by atoms with Gasteiger partial charge in [-0.1, -0.05) is 61.5 Å². The average molecular weight is 499 g/mol. The summed E-state index contributed by atoms with van der Waals surface area (Å²) in [6.45, 7) is 3.51. The molecule has 0 bridgehead atoms. The molecule has 4 aromatic rings. The van der Waals surface area contributed by atoms with Gasteiger partial charge in [0.1, 0.15) is 12.3 Å². The Balaban J connectivity index is 1.48. The van der Waals surface area contributed by atoms with Crippen molar-refractivity contribution in [3.05, 3.63) is 96.2 Å². The van der Waals surface area contributed by atoms with Crippen molar-refractivity contribution in [2.45, 2.75) is 26.3 Å². The van der Waals surface area contributed by atoms with Crippen LogP contribution in [0.3, 0.4) is 0 Å². The molecule has 0 saturated carbocycles. The molecule has 4 rings (SSSR count). The molecule has 0 spiro atoms. The third-order valence-electron chi connectivity index (χ3n) is 6.32. The van der Waals surface area contributed by atoms with Gasteiger partial charge in [-0.2, -0.15) is 0 Å². The van der Waals surface area contributed by atoms with Crippen LogP contribution in [0, 0.1) is 0 Å². The predicted octanol–water partition coefficient (Wildman–Crippen LogP) is 5.69. The van der Waals surface area contributed by atoms with Gasteiger partial charge < -0.3 is 24.8 Å². The number of nitrogens with one attached hydrogen (secondary N) is 2. The maximum absolute atomic E-state index is 13.6. The van der Waals surface area contributed by atoms with Gasteiger partial charge in [0.15, 0.2) is 0 Å². The van der Waals surface area contributed by atoms with Gasteiger partial charge in [-0.05, 0) is 42.2 Å². The molecule has 0 radical (unpaired) electrons. The number of hydrogen-bond acceptors (Lipinski definition) is 3. The van der Waals surface area contributed by atoms with Crippen LogP contribution in [0.5, 0.6) is 5.75 Å². The minimum atomic E-state index is -0.306. The number of ether oxygens (including phenoxy) is 1. The van der Waals surface area contributed by atoms with E-state index in [1.54, 1.807) is 24.1 Å². The van der Waals surface area contributed by atoms with Crippen LogP contribution in [0.25, 0.3) is 10.9 Å². The number of benzene rings is 3. The molecule has 0 saturated heterocycles. The average Bonchev–Trinajstić information content (AvgIpc) is 3.34. The molecule has 0 aliphatic carbocycles. The van der Waals surface area contributed by atoms with E-state index in [1.807, 2.05) is 72.6 Å². The molecular weight excluding hydrogens is 464 g/mol. The van der Waals surface area contributed by atoms with Crippen molar-refractivity contribution in [2.24, 2.45) is 0 Å². The Labute approximate surface area is 218 Å². The maximum Gasteiger partial charge on any atom is 0.322 e. The second-order valence-corrected chi connectivity index (χ2v) is 8.99. The fourth-order valence-electron chi connectivity index (χ4n) is 4.38. The summed E-state index contributed by atoms with van der Waals surface area (Å²) in [7, 11) is 1.58. The largest absolute Gasteiger partial charge is 0.497 e. The van der Waals surface area contributed by atoms with Crippen LogP contribution in [0.2, 0.25) is 0 Å². The number of para-hydroxylation sites is 1. The van der Waals surface area contributed by atoms with Crippen molar-refractivity contribution in [1.29, 1.82) is 0 Å². The Hall–Kier alpha value is -4.26. The molecule has 7 nitrogen and oxygen atoms in total. The van der Waals surface area contributed by atoms with Crippen molar-refractivity contribution >= 4 is 28.5 Å². The lowest BCUT2D eigenvalue weighted by Crippen LogP contribution is -2.45. The summed E-state index contributed by atoms with van der Waals surface area (Å²) in [5.41, 5.74) is 3.93. The van der Waals surface area contributed by atoms with E-state index in [1.165, 1.54) is 10.9 Å². The van der Waals surface area contributed by atoms with E-state index in [0.717, 1.165) is 17.5 Å². The van der Waals surface area contributed by atoms with Gasteiger partial charge in [0.25, 0.3) is 0 Å². The summed E-state index contributed by atoms with van der Waals surface area (Å²) in [6, 6.07) is 25.0. The number of fused-ring (bicyclic) bond motifs is 1. The second-order valence-electron chi connectivity index (χ2n) is 8.99. The van der Waals surface area contributed by atoms with Gasteiger partial charge >= 0.3 is 6.03 Å². The highest BCUT2D eigenvalue weighted by Crippen LogP contribution is 2.20. The first kappa shape index (κ1) is 25.8. The van der Waals surface area contributed by atoms with Crippen molar-refractivity contribution in [3.63, 3.8) is 0 Å². The molecule has 0 aliphatic rings. The first-order valence-corrected chi connectivity index (χ1v) is 12.6. The van der Waals surface area contributed by atoms with E-state index in [4.69, 9.17) is 4.74 Å². The summed E-state index contributed by atoms with van der Waals surface area (Å²) >= 11 is 0. The molecule has 0 fully saturated rings. The Morgan fingerprint density at radius 3 is 2.49 bits per heavy atom. The van der Waals surface area contributed by atoms with Crippen molar-refractivity contribution < 1.29 is 14.3 Å². The number of nitrogens with zero attached hydrogens (tertiary/aromatic N) is 2. The van der Waals surface area contributed by atoms with Crippen LogP contribution in [0.4, 0.5) is 10.5 Å². The fraction of sp³-hybridized carbons (Fsp3) is 0.267. The minimum Gasteiger partial charge on any atom is -0.497 e. The molecule has 192 valence electrons. The van der Waals surface area contributed by atoms with Crippen molar-refractivity contribution in [2.75, 3.05) is 32.1 Å². The number of aromatic nitrogens is 1. The molecule has 0 atom stereocenters. The summed E-state index contributed by atoms with van der Waals surface area (Å²) in [5.74, 6) is 0.570. The lowest BCUT2D eigenvalue weighted by Gasteiger charge is -2.28. The van der Waals surface area contributed by atoms with Crippen LogP contribution in [0.15, 0.2) is 85.1 Å². The molecule has 7 heteroatoms. The Bertz CT molecular complexity index is 1320. The topological polar surface area (TPSA) is 77.7 Å². The van der Waals surface area contributed by atoms with E-state index in [9.17, 15) is 9.59 Å². The minimum absolute atomic E-state index is 0.00433. The SMILES string of the molecule is CCCN(CC(=O)N(CCc1c[nH]c2ccccc12)Cc1ccccc1)C(=O)Nc1cccc(OC)c1. The Morgan fingerprint density at radius 1 is 0.919 bits per heavy atom. The number of urea groups is 1. The number of anilines is 1. The molecule has 2 N–H and O–H groups in total. The van der Waals surface area contributed by atoms with E-state index >= 15 is 0 Å². The summed E-state index contributed by atoms with van der Waals surface area (Å²) in [6.07, 6.45) is 3.47. The molecule has 3 amide bonds. The highest BCUT2D eigenvalue weighted by atomic mass is 16.5. The first-order valence-electron chi connectivity index (χ1n) is 12.6. The number of H-pyrrole nitrogens is 1. The van der Waals surface area contributed by atoms with E-state index in [2.05, 4.69) is 22.4 Å². The molecule has 0 aliphatic heterocycles. The number of aromatic amines is 1. The monoisotopic (exact) mass is 498 g/mol. The smallest absolute Gasteiger partial charge is 0.322 e. The van der Waals surface area contributed by atoms with Crippen molar-refractivity contribution in [1.82, 2.24) is 14.8 Å². The van der Waals surface area contributed by atoms with Gasteiger partial charge in [0, 0.05) is 48.5 Å². The van der Waals surface area contributed by atoms with E-state index in [-0.39, 0.29) is 18.5 Å². The van der Waals surface area contributed by atoms with Crippen LogP contribution in [-0.2, 0) is 17.8 Å². The van der Waals surface area contributed by atoms with Gasteiger partial charge in [-0.3, -0.25) is 4.79 Å². The first-order chi connectivity index (χ1) is 18.1.